The van der Waals surface area contributed by atoms with Crippen molar-refractivity contribution in [3.05, 3.63) is 35.4 Å². The first-order chi connectivity index (χ1) is 13.7. The normalized spacial score (nSPS) is 18.4. The van der Waals surface area contributed by atoms with Gasteiger partial charge >= 0.3 is 0 Å². The number of piperidine rings is 1. The second-order valence-corrected chi connectivity index (χ2v) is 7.88. The molecule has 3 rings (SSSR count). The molecule has 0 unspecified atom stereocenters. The highest BCUT2D eigenvalue weighted by atomic mass is 16.5. The van der Waals surface area contributed by atoms with Gasteiger partial charge in [0.25, 0.3) is 0 Å². The standard InChI is InChI=1S/C23H34N2O3/c1-27-21-9-8-20(22(16-21)28-2)17-25-14-11-19(12-15-25)23(26)24-13-10-18-6-4-3-5-7-18/h6,8-9,16,19H,3-5,7,10-15,17H2,1-2H3,(H,24,26). The maximum Gasteiger partial charge on any atom is 0.223 e. The molecule has 0 saturated carbocycles. The second-order valence-electron chi connectivity index (χ2n) is 7.88. The lowest BCUT2D eigenvalue weighted by Gasteiger charge is -2.31. The second kappa shape index (κ2) is 10.5. The van der Waals surface area contributed by atoms with E-state index in [1.165, 1.54) is 31.3 Å². The van der Waals surface area contributed by atoms with Gasteiger partial charge < -0.3 is 14.8 Å². The average molecular weight is 387 g/mol. The van der Waals surface area contributed by atoms with Gasteiger partial charge in [0, 0.05) is 30.6 Å². The molecule has 1 heterocycles. The van der Waals surface area contributed by atoms with Gasteiger partial charge in [0.15, 0.2) is 0 Å². The molecule has 1 N–H and O–H groups in total. The van der Waals surface area contributed by atoms with Crippen molar-refractivity contribution in [2.75, 3.05) is 33.9 Å². The number of carbonyl (C=O) groups is 1. The number of benzene rings is 1. The van der Waals surface area contributed by atoms with E-state index in [2.05, 4.69) is 22.4 Å². The third-order valence-electron chi connectivity index (χ3n) is 5.98. The van der Waals surface area contributed by atoms with Gasteiger partial charge in [0.2, 0.25) is 5.91 Å². The summed E-state index contributed by atoms with van der Waals surface area (Å²) in [4.78, 5) is 14.9. The number of nitrogens with one attached hydrogen (secondary N) is 1. The number of carbonyl (C=O) groups excluding carboxylic acids is 1. The van der Waals surface area contributed by atoms with E-state index in [4.69, 9.17) is 9.47 Å². The number of hydrogen-bond donors (Lipinski definition) is 1. The van der Waals surface area contributed by atoms with Crippen LogP contribution < -0.4 is 14.8 Å². The maximum absolute atomic E-state index is 12.5. The lowest BCUT2D eigenvalue weighted by Crippen LogP contribution is -2.40. The summed E-state index contributed by atoms with van der Waals surface area (Å²) in [6.45, 7) is 3.51. The Hall–Kier alpha value is -2.01. The van der Waals surface area contributed by atoms with Gasteiger partial charge in [-0.25, -0.2) is 0 Å². The Labute approximate surface area is 169 Å². The van der Waals surface area contributed by atoms with Crippen molar-refractivity contribution < 1.29 is 14.3 Å². The van der Waals surface area contributed by atoms with Gasteiger partial charge in [-0.1, -0.05) is 17.7 Å². The average Bonchev–Trinajstić information content (AvgIpc) is 2.75. The van der Waals surface area contributed by atoms with E-state index >= 15 is 0 Å². The van der Waals surface area contributed by atoms with Crippen LogP contribution in [0, 0.1) is 5.92 Å². The van der Waals surface area contributed by atoms with Crippen molar-refractivity contribution in [2.45, 2.75) is 51.5 Å². The molecule has 154 valence electrons. The molecule has 1 aromatic rings. The summed E-state index contributed by atoms with van der Waals surface area (Å²) in [7, 11) is 3.36. The van der Waals surface area contributed by atoms with E-state index in [-0.39, 0.29) is 11.8 Å². The Kier molecular flexibility index (Phi) is 7.78. The summed E-state index contributed by atoms with van der Waals surface area (Å²) in [5.74, 6) is 2.05. The fraction of sp³-hybridized carbons (Fsp3) is 0.609. The molecule has 0 atom stereocenters. The van der Waals surface area contributed by atoms with Crippen LogP contribution in [0.15, 0.2) is 29.8 Å². The highest BCUT2D eigenvalue weighted by molar-refractivity contribution is 5.78. The molecule has 1 fully saturated rings. The number of allylic oxidation sites excluding steroid dienone is 1. The molecule has 1 amide bonds. The van der Waals surface area contributed by atoms with Crippen LogP contribution in [0.4, 0.5) is 0 Å². The van der Waals surface area contributed by atoms with Gasteiger partial charge in [0.05, 0.1) is 14.2 Å². The third-order valence-corrected chi connectivity index (χ3v) is 5.98. The molecule has 1 saturated heterocycles. The van der Waals surface area contributed by atoms with Crippen molar-refractivity contribution in [1.29, 1.82) is 0 Å². The number of hydrogen-bond acceptors (Lipinski definition) is 4. The monoisotopic (exact) mass is 386 g/mol. The molecule has 0 aromatic heterocycles. The first-order valence-electron chi connectivity index (χ1n) is 10.6. The highest BCUT2D eigenvalue weighted by Crippen LogP contribution is 2.27. The summed E-state index contributed by atoms with van der Waals surface area (Å²) in [6, 6.07) is 5.97. The molecule has 2 aliphatic rings. The molecule has 0 bridgehead atoms. The van der Waals surface area contributed by atoms with Crippen molar-refractivity contribution in [3.8, 4) is 11.5 Å². The third kappa shape index (κ3) is 5.74. The molecular formula is C23H34N2O3. The lowest BCUT2D eigenvalue weighted by atomic mass is 9.95. The Bertz CT molecular complexity index is 678. The smallest absolute Gasteiger partial charge is 0.223 e. The number of amides is 1. The Morgan fingerprint density at radius 2 is 2.00 bits per heavy atom. The molecule has 0 spiro atoms. The Balaban J connectivity index is 1.41. The SMILES string of the molecule is COc1ccc(CN2CCC(C(=O)NCCC3=CCCCC3)CC2)c(OC)c1. The van der Waals surface area contributed by atoms with Crippen LogP contribution in [0.1, 0.15) is 50.5 Å². The molecule has 1 aliphatic carbocycles. The summed E-state index contributed by atoms with van der Waals surface area (Å²) < 4.78 is 10.8. The molecule has 0 radical (unpaired) electrons. The van der Waals surface area contributed by atoms with E-state index in [1.54, 1.807) is 14.2 Å². The molecule has 5 nitrogen and oxygen atoms in total. The van der Waals surface area contributed by atoms with Crippen LogP contribution in [0.2, 0.25) is 0 Å². The summed E-state index contributed by atoms with van der Waals surface area (Å²) in [5, 5.41) is 3.16. The van der Waals surface area contributed by atoms with Gasteiger partial charge in [-0.15, -0.1) is 0 Å². The van der Waals surface area contributed by atoms with Crippen LogP contribution in [-0.4, -0.2) is 44.7 Å². The number of methoxy groups -OCH3 is 2. The van der Waals surface area contributed by atoms with Crippen LogP contribution >= 0.6 is 0 Å². The van der Waals surface area contributed by atoms with Crippen LogP contribution in [0.3, 0.4) is 0 Å². The number of rotatable bonds is 8. The van der Waals surface area contributed by atoms with Gasteiger partial charge in [-0.2, -0.15) is 0 Å². The van der Waals surface area contributed by atoms with Crippen molar-refractivity contribution >= 4 is 5.91 Å². The zero-order valence-electron chi connectivity index (χ0n) is 17.3. The van der Waals surface area contributed by atoms with E-state index < -0.39 is 0 Å². The Morgan fingerprint density at radius 3 is 2.68 bits per heavy atom. The minimum Gasteiger partial charge on any atom is -0.497 e. The van der Waals surface area contributed by atoms with Crippen LogP contribution in [0.5, 0.6) is 11.5 Å². The maximum atomic E-state index is 12.5. The summed E-state index contributed by atoms with van der Waals surface area (Å²) in [6.07, 6.45) is 10.3. The van der Waals surface area contributed by atoms with E-state index in [1.807, 2.05) is 12.1 Å². The zero-order valence-corrected chi connectivity index (χ0v) is 17.3. The van der Waals surface area contributed by atoms with Crippen LogP contribution in [0.25, 0.3) is 0 Å². The first-order valence-corrected chi connectivity index (χ1v) is 10.6. The van der Waals surface area contributed by atoms with Gasteiger partial charge in [-0.3, -0.25) is 9.69 Å². The predicted octanol–water partition coefficient (Wildman–Crippen LogP) is 3.92. The summed E-state index contributed by atoms with van der Waals surface area (Å²) in [5.41, 5.74) is 2.68. The lowest BCUT2D eigenvalue weighted by molar-refractivity contribution is -0.126. The fourth-order valence-electron chi connectivity index (χ4n) is 4.20. The topological polar surface area (TPSA) is 50.8 Å². The highest BCUT2D eigenvalue weighted by Gasteiger charge is 2.25. The largest absolute Gasteiger partial charge is 0.497 e. The molecule has 1 aromatic carbocycles. The molecule has 1 aliphatic heterocycles. The van der Waals surface area contributed by atoms with Gasteiger partial charge in [-0.05, 0) is 64.1 Å². The predicted molar refractivity (Wildman–Crippen MR) is 112 cm³/mol. The first kappa shape index (κ1) is 20.7. The van der Waals surface area contributed by atoms with Crippen molar-refractivity contribution in [2.24, 2.45) is 5.92 Å². The van der Waals surface area contributed by atoms with Crippen LogP contribution in [-0.2, 0) is 11.3 Å². The zero-order chi connectivity index (χ0) is 19.8. The van der Waals surface area contributed by atoms with Crippen molar-refractivity contribution in [3.63, 3.8) is 0 Å². The van der Waals surface area contributed by atoms with E-state index in [9.17, 15) is 4.79 Å². The Morgan fingerprint density at radius 1 is 1.18 bits per heavy atom. The number of nitrogens with zero attached hydrogens (tertiary/aromatic N) is 1. The quantitative estimate of drug-likeness (QED) is 0.688. The van der Waals surface area contributed by atoms with Gasteiger partial charge in [0.1, 0.15) is 11.5 Å². The summed E-state index contributed by atoms with van der Waals surface area (Å²) >= 11 is 0. The molecule has 28 heavy (non-hydrogen) atoms. The number of likely N-dealkylation sites (tertiary alicyclic amines) is 1. The fourth-order valence-corrected chi connectivity index (χ4v) is 4.20. The molecule has 5 heteroatoms. The molecular weight excluding hydrogens is 352 g/mol. The minimum atomic E-state index is 0.148. The minimum absolute atomic E-state index is 0.148. The number of ether oxygens (including phenoxy) is 2. The van der Waals surface area contributed by atoms with E-state index in [0.29, 0.717) is 0 Å². The van der Waals surface area contributed by atoms with Crippen molar-refractivity contribution in [1.82, 2.24) is 10.2 Å². The van der Waals surface area contributed by atoms with E-state index in [0.717, 1.165) is 62.5 Å².